The van der Waals surface area contributed by atoms with Crippen LogP contribution >= 0.6 is 23.4 Å². The number of hydrogen-bond donors (Lipinski definition) is 0. The largest absolute Gasteiger partial charge is 0.328 e. The number of quaternary nitrogens is 1. The summed E-state index contributed by atoms with van der Waals surface area (Å²) in [7, 11) is 4.65. The minimum Gasteiger partial charge on any atom is -0.328 e. The zero-order chi connectivity index (χ0) is 19.4. The molecule has 0 spiro atoms. The topological polar surface area (TPSA) is 0 Å². The molecule has 0 radical (unpaired) electrons. The summed E-state index contributed by atoms with van der Waals surface area (Å²) in [5.74, 6) is 0. The zero-order valence-corrected chi connectivity index (χ0v) is 18.3. The molecule has 1 aliphatic rings. The average Bonchev–Trinajstić information content (AvgIpc) is 2.61. The second-order valence-electron chi connectivity index (χ2n) is 8.10. The van der Waals surface area contributed by atoms with Crippen LogP contribution in [0.25, 0.3) is 5.57 Å². The van der Waals surface area contributed by atoms with Crippen molar-refractivity contribution in [3.63, 3.8) is 0 Å². The molecule has 0 aromatic heterocycles. The van der Waals surface area contributed by atoms with Crippen LogP contribution in [-0.4, -0.2) is 31.7 Å². The monoisotopic (exact) mass is 398 g/mol. The van der Waals surface area contributed by atoms with E-state index in [9.17, 15) is 0 Å². The predicted octanol–water partition coefficient (Wildman–Crippen LogP) is 7.06. The molecule has 0 fully saturated rings. The van der Waals surface area contributed by atoms with Gasteiger partial charge >= 0.3 is 0 Å². The molecule has 0 N–H and O–H groups in total. The Morgan fingerprint density at radius 3 is 2.44 bits per heavy atom. The lowest BCUT2D eigenvalue weighted by Crippen LogP contribution is -2.40. The lowest BCUT2D eigenvalue weighted by molar-refractivity contribution is -0.889. The fraction of sp³-hybridized carbons (Fsp3) is 0.333. The van der Waals surface area contributed by atoms with Crippen LogP contribution in [0, 0.1) is 0 Å². The van der Waals surface area contributed by atoms with E-state index < -0.39 is 0 Å². The highest BCUT2D eigenvalue weighted by molar-refractivity contribution is 7.99. The fourth-order valence-electron chi connectivity index (χ4n) is 3.44. The Hall–Kier alpha value is -1.48. The van der Waals surface area contributed by atoms with Gasteiger partial charge in [0.05, 0.1) is 27.2 Å². The van der Waals surface area contributed by atoms with Crippen molar-refractivity contribution < 1.29 is 4.48 Å². The smallest absolute Gasteiger partial charge is 0.0817 e. The first kappa shape index (κ1) is 20.3. The third-order valence-corrected chi connectivity index (χ3v) is 6.39. The first-order valence-corrected chi connectivity index (χ1v) is 10.8. The lowest BCUT2D eigenvalue weighted by Gasteiger charge is -2.29. The molecule has 0 aliphatic carbocycles. The molecule has 1 aliphatic heterocycles. The van der Waals surface area contributed by atoms with E-state index in [1.54, 1.807) is 0 Å². The Balaban J connectivity index is 1.81. The van der Waals surface area contributed by atoms with Gasteiger partial charge in [0.25, 0.3) is 0 Å². The van der Waals surface area contributed by atoms with Gasteiger partial charge in [-0.05, 0) is 54.8 Å². The highest BCUT2D eigenvalue weighted by atomic mass is 35.5. The van der Waals surface area contributed by atoms with Gasteiger partial charge in [0.2, 0.25) is 0 Å². The maximum absolute atomic E-state index is 6.31. The van der Waals surface area contributed by atoms with Gasteiger partial charge in [0.15, 0.2) is 0 Å². The highest BCUT2D eigenvalue weighted by Gasteiger charge is 2.21. The van der Waals surface area contributed by atoms with E-state index in [2.05, 4.69) is 76.5 Å². The molecule has 0 bridgehead atoms. The maximum atomic E-state index is 6.31. The molecular weight excluding hydrogens is 370 g/mol. The van der Waals surface area contributed by atoms with Gasteiger partial charge in [-0.25, -0.2) is 0 Å². The SMILES string of the molecule is CC(C)=CCC[N+](C)(C)CCC=C1c2ccccc2Sc2ccc(Cl)cc21. The van der Waals surface area contributed by atoms with E-state index in [0.29, 0.717) is 0 Å². The molecule has 27 heavy (non-hydrogen) atoms. The molecule has 2 aromatic rings. The molecule has 0 saturated carbocycles. The van der Waals surface area contributed by atoms with Crippen LogP contribution in [0.15, 0.2) is 70.0 Å². The van der Waals surface area contributed by atoms with Crippen LogP contribution < -0.4 is 0 Å². The number of rotatable bonds is 6. The van der Waals surface area contributed by atoms with Gasteiger partial charge in [-0.1, -0.05) is 59.3 Å². The van der Waals surface area contributed by atoms with Crippen LogP contribution in [0.5, 0.6) is 0 Å². The summed E-state index contributed by atoms with van der Waals surface area (Å²) in [4.78, 5) is 2.62. The molecule has 0 saturated heterocycles. The Morgan fingerprint density at radius 2 is 1.67 bits per heavy atom. The van der Waals surface area contributed by atoms with Crippen molar-refractivity contribution in [2.75, 3.05) is 27.2 Å². The number of fused-ring (bicyclic) bond motifs is 2. The summed E-state index contributed by atoms with van der Waals surface area (Å²) in [5.41, 5.74) is 5.32. The maximum Gasteiger partial charge on any atom is 0.0817 e. The molecule has 2 aromatic carbocycles. The molecule has 1 nitrogen and oxygen atoms in total. The van der Waals surface area contributed by atoms with Gasteiger partial charge in [-0.15, -0.1) is 0 Å². The van der Waals surface area contributed by atoms with Gasteiger partial charge in [0, 0.05) is 27.7 Å². The minimum absolute atomic E-state index is 0.803. The summed E-state index contributed by atoms with van der Waals surface area (Å²) >= 11 is 8.15. The van der Waals surface area contributed by atoms with Crippen molar-refractivity contribution in [1.29, 1.82) is 0 Å². The van der Waals surface area contributed by atoms with Gasteiger partial charge < -0.3 is 4.48 Å². The predicted molar refractivity (Wildman–Crippen MR) is 120 cm³/mol. The van der Waals surface area contributed by atoms with Crippen molar-refractivity contribution in [2.45, 2.75) is 36.5 Å². The standard InChI is InChI=1S/C24H29ClNS/c1-18(2)9-7-15-26(3,4)16-8-11-20-21-10-5-6-12-23(21)27-24-14-13-19(25)17-22(20)24/h5-6,9-14,17H,7-8,15-16H2,1-4H3/q+1. The fourth-order valence-corrected chi connectivity index (χ4v) is 4.69. The highest BCUT2D eigenvalue weighted by Crippen LogP contribution is 2.46. The number of hydrogen-bond acceptors (Lipinski definition) is 1. The molecule has 3 heteroatoms. The van der Waals surface area contributed by atoms with Gasteiger partial charge in [0.1, 0.15) is 0 Å². The summed E-state index contributed by atoms with van der Waals surface area (Å²) in [5, 5.41) is 0.803. The average molecular weight is 399 g/mol. The summed E-state index contributed by atoms with van der Waals surface area (Å²) < 4.78 is 1.03. The van der Waals surface area contributed by atoms with Crippen molar-refractivity contribution >= 4 is 28.9 Å². The third kappa shape index (κ3) is 5.28. The lowest BCUT2D eigenvalue weighted by atomic mass is 9.96. The third-order valence-electron chi connectivity index (χ3n) is 5.00. The Labute approximate surface area is 173 Å². The number of allylic oxidation sites excluding steroid dienone is 1. The van der Waals surface area contributed by atoms with Crippen LogP contribution in [-0.2, 0) is 0 Å². The molecular formula is C24H29ClNS+. The van der Waals surface area contributed by atoms with Crippen molar-refractivity contribution in [3.05, 3.63) is 76.3 Å². The van der Waals surface area contributed by atoms with E-state index in [0.717, 1.165) is 28.9 Å². The summed E-state index contributed by atoms with van der Waals surface area (Å²) in [6, 6.07) is 14.9. The van der Waals surface area contributed by atoms with Crippen molar-refractivity contribution in [1.82, 2.24) is 0 Å². The molecule has 0 unspecified atom stereocenters. The van der Waals surface area contributed by atoms with Gasteiger partial charge in [-0.2, -0.15) is 0 Å². The van der Waals surface area contributed by atoms with Crippen molar-refractivity contribution in [2.24, 2.45) is 0 Å². The zero-order valence-electron chi connectivity index (χ0n) is 16.8. The normalized spacial score (nSPS) is 14.6. The summed E-state index contributed by atoms with van der Waals surface area (Å²) in [6.07, 6.45) is 6.95. The number of nitrogens with zero attached hydrogens (tertiary/aromatic N) is 1. The van der Waals surface area contributed by atoms with Crippen LogP contribution in [0.3, 0.4) is 0 Å². The Morgan fingerprint density at radius 1 is 0.963 bits per heavy atom. The van der Waals surface area contributed by atoms with Crippen LogP contribution in [0.4, 0.5) is 0 Å². The minimum atomic E-state index is 0.803. The molecule has 3 rings (SSSR count). The first-order chi connectivity index (χ1) is 12.9. The Bertz CT molecular complexity index is 876. The van der Waals surface area contributed by atoms with Crippen LogP contribution in [0.1, 0.15) is 37.8 Å². The second-order valence-corrected chi connectivity index (χ2v) is 9.62. The van der Waals surface area contributed by atoms with E-state index in [1.165, 1.54) is 38.6 Å². The van der Waals surface area contributed by atoms with Gasteiger partial charge in [-0.3, -0.25) is 0 Å². The number of benzene rings is 2. The van der Waals surface area contributed by atoms with Crippen molar-refractivity contribution in [3.8, 4) is 0 Å². The molecule has 0 amide bonds. The molecule has 1 heterocycles. The quantitative estimate of drug-likeness (QED) is 0.316. The Kier molecular flexibility index (Phi) is 6.52. The summed E-state index contributed by atoms with van der Waals surface area (Å²) in [6.45, 7) is 6.64. The van der Waals surface area contributed by atoms with Crippen LogP contribution in [0.2, 0.25) is 5.02 Å². The molecule has 0 atom stereocenters. The van der Waals surface area contributed by atoms with E-state index in [4.69, 9.17) is 11.6 Å². The number of halogens is 1. The molecule has 142 valence electrons. The van der Waals surface area contributed by atoms with E-state index in [1.807, 2.05) is 17.8 Å². The van der Waals surface area contributed by atoms with E-state index in [-0.39, 0.29) is 0 Å². The first-order valence-electron chi connectivity index (χ1n) is 9.58. The van der Waals surface area contributed by atoms with E-state index >= 15 is 0 Å². The second kappa shape index (κ2) is 8.68.